The van der Waals surface area contributed by atoms with Gasteiger partial charge < -0.3 is 0 Å². The molecule has 1 nitrogen and oxygen atoms in total. The quantitative estimate of drug-likeness (QED) is 0.164. The van der Waals surface area contributed by atoms with Crippen molar-refractivity contribution in [3.8, 4) is 22.3 Å². The van der Waals surface area contributed by atoms with Gasteiger partial charge in [0.05, 0.1) is 50.2 Å². The van der Waals surface area contributed by atoms with Gasteiger partial charge in [0.1, 0.15) is 0 Å². The van der Waals surface area contributed by atoms with E-state index in [0.29, 0.717) is 0 Å². The van der Waals surface area contributed by atoms with Crippen LogP contribution >= 0.6 is 116 Å². The third-order valence-corrected chi connectivity index (χ3v) is 8.38. The average molecular weight is 594 g/mol. The molecule has 12 heteroatoms. The van der Waals surface area contributed by atoms with E-state index in [1.165, 1.54) is 0 Å². The first kappa shape index (κ1) is 24.1. The maximum absolute atomic E-state index is 14.1. The molecule has 0 aliphatic heterocycles. The van der Waals surface area contributed by atoms with E-state index in [1.54, 1.807) is 0 Å². The predicted molar refractivity (Wildman–Crippen MR) is 125 cm³/mol. The highest BCUT2D eigenvalue weighted by Crippen LogP contribution is 2.53. The first-order valence-electron chi connectivity index (χ1n) is 7.18. The van der Waals surface area contributed by atoms with Crippen LogP contribution in [0.25, 0.3) is 22.3 Å². The summed E-state index contributed by atoms with van der Waals surface area (Å²) < 4.78 is 14.1. The molecule has 1 heterocycles. The number of benzene rings is 2. The fourth-order valence-electron chi connectivity index (χ4n) is 2.52. The van der Waals surface area contributed by atoms with Crippen LogP contribution < -0.4 is 0 Å². The topological polar surface area (TPSA) is 12.9 Å². The summed E-state index contributed by atoms with van der Waals surface area (Å²) >= 11 is 62.1. The van der Waals surface area contributed by atoms with Gasteiger partial charge in [-0.2, -0.15) is 4.39 Å². The average Bonchev–Trinajstić information content (AvgIpc) is 2.69. The van der Waals surface area contributed by atoms with Gasteiger partial charge in [-0.3, -0.25) is 0 Å². The van der Waals surface area contributed by atoms with E-state index >= 15 is 0 Å². The molecule has 0 fully saturated rings. The zero-order valence-electron chi connectivity index (χ0n) is 13.3. The Morgan fingerprint density at radius 1 is 0.483 bits per heavy atom. The zero-order valence-corrected chi connectivity index (χ0v) is 20.8. The Morgan fingerprint density at radius 2 is 0.793 bits per heavy atom. The Kier molecular flexibility index (Phi) is 7.56. The number of hydrogen-bond donors (Lipinski definition) is 0. The Morgan fingerprint density at radius 3 is 1.17 bits per heavy atom. The molecule has 0 saturated heterocycles. The van der Waals surface area contributed by atoms with Crippen molar-refractivity contribution in [1.82, 2.24) is 4.98 Å². The summed E-state index contributed by atoms with van der Waals surface area (Å²) in [5.74, 6) is -0.850. The lowest BCUT2D eigenvalue weighted by Crippen LogP contribution is -1.96. The van der Waals surface area contributed by atoms with Crippen molar-refractivity contribution >= 4 is 116 Å². The second-order valence-electron chi connectivity index (χ2n) is 5.44. The van der Waals surface area contributed by atoms with Crippen LogP contribution in [0.2, 0.25) is 50.2 Å². The summed E-state index contributed by atoms with van der Waals surface area (Å²) in [6.45, 7) is 0. The van der Waals surface area contributed by atoms with Gasteiger partial charge in [0.15, 0.2) is 0 Å². The van der Waals surface area contributed by atoms with E-state index in [2.05, 4.69) is 4.98 Å². The van der Waals surface area contributed by atoms with Crippen molar-refractivity contribution < 1.29 is 4.39 Å². The van der Waals surface area contributed by atoms with Gasteiger partial charge in [-0.05, 0) is 5.56 Å². The van der Waals surface area contributed by atoms with E-state index in [9.17, 15) is 4.39 Å². The molecule has 29 heavy (non-hydrogen) atoms. The lowest BCUT2D eigenvalue weighted by molar-refractivity contribution is 0.584. The van der Waals surface area contributed by atoms with Gasteiger partial charge in [0.2, 0.25) is 5.95 Å². The van der Waals surface area contributed by atoms with Crippen LogP contribution in [0.4, 0.5) is 4.39 Å². The van der Waals surface area contributed by atoms with Gasteiger partial charge in [0, 0.05) is 29.0 Å². The van der Waals surface area contributed by atoms with Crippen LogP contribution in [0.3, 0.4) is 0 Å². The molecule has 0 aliphatic carbocycles. The number of rotatable bonds is 2. The second kappa shape index (κ2) is 9.11. The van der Waals surface area contributed by atoms with E-state index < -0.39 is 5.95 Å². The molecule has 0 N–H and O–H groups in total. The van der Waals surface area contributed by atoms with Crippen molar-refractivity contribution in [2.75, 3.05) is 0 Å². The molecular weight excluding hydrogens is 592 g/mol. The molecule has 0 atom stereocenters. The standard InChI is InChI=1S/C17H2Cl10FN/c18-8-6(9(19)13(23)16(26)12(8)22)3-1-5(28)29-2-4(3)7-10(20)14(24)17(27)15(25)11(7)21/h1-2H. The van der Waals surface area contributed by atoms with Crippen LogP contribution in [-0.4, -0.2) is 4.98 Å². The van der Waals surface area contributed by atoms with Crippen LogP contribution in [-0.2, 0) is 0 Å². The third-order valence-electron chi connectivity index (χ3n) is 3.83. The highest BCUT2D eigenvalue weighted by Gasteiger charge is 2.27. The van der Waals surface area contributed by atoms with Gasteiger partial charge in [0.25, 0.3) is 0 Å². The fourth-order valence-corrected chi connectivity index (χ4v) is 5.20. The number of nitrogens with zero attached hydrogens (tertiary/aromatic N) is 1. The van der Waals surface area contributed by atoms with Gasteiger partial charge in [-0.25, -0.2) is 4.98 Å². The summed E-state index contributed by atoms with van der Waals surface area (Å²) in [6, 6.07) is 1.05. The number of aromatic nitrogens is 1. The smallest absolute Gasteiger partial charge is 0.213 e. The molecule has 152 valence electrons. The van der Waals surface area contributed by atoms with E-state index in [-0.39, 0.29) is 72.5 Å². The zero-order chi connectivity index (χ0) is 21.8. The first-order valence-corrected chi connectivity index (χ1v) is 11.0. The Hall–Kier alpha value is 0.420. The molecule has 0 bridgehead atoms. The van der Waals surface area contributed by atoms with Gasteiger partial charge in [-0.15, -0.1) is 0 Å². The minimum absolute atomic E-state index is 0.0425. The molecule has 3 rings (SSSR count). The molecule has 0 amide bonds. The number of halogens is 11. The molecular formula is C17H2Cl10FN. The van der Waals surface area contributed by atoms with E-state index in [1.807, 2.05) is 0 Å². The van der Waals surface area contributed by atoms with Gasteiger partial charge >= 0.3 is 0 Å². The minimum atomic E-state index is -0.850. The molecule has 0 aliphatic rings. The number of pyridine rings is 1. The summed E-state index contributed by atoms with van der Waals surface area (Å²) in [5.41, 5.74) is 0.522. The lowest BCUT2D eigenvalue weighted by Gasteiger charge is -2.18. The minimum Gasteiger partial charge on any atom is -0.228 e. The van der Waals surface area contributed by atoms with Crippen molar-refractivity contribution in [2.24, 2.45) is 0 Å². The summed E-state index contributed by atoms with van der Waals surface area (Å²) in [7, 11) is 0. The molecule has 0 saturated carbocycles. The van der Waals surface area contributed by atoms with Crippen molar-refractivity contribution in [3.63, 3.8) is 0 Å². The number of hydrogen-bond acceptors (Lipinski definition) is 1. The molecule has 0 radical (unpaired) electrons. The normalized spacial score (nSPS) is 11.3. The van der Waals surface area contributed by atoms with E-state index in [0.717, 1.165) is 12.3 Å². The summed E-state index contributed by atoms with van der Waals surface area (Å²) in [6.07, 6.45) is 1.15. The first-order chi connectivity index (χ1) is 13.5. The van der Waals surface area contributed by atoms with Gasteiger partial charge in [-0.1, -0.05) is 116 Å². The van der Waals surface area contributed by atoms with Crippen molar-refractivity contribution in [1.29, 1.82) is 0 Å². The van der Waals surface area contributed by atoms with Crippen LogP contribution in [0, 0.1) is 5.95 Å². The molecule has 1 aromatic heterocycles. The molecule has 0 spiro atoms. The third kappa shape index (κ3) is 4.12. The second-order valence-corrected chi connectivity index (χ2v) is 9.22. The maximum atomic E-state index is 14.1. The van der Waals surface area contributed by atoms with Crippen LogP contribution in [0.5, 0.6) is 0 Å². The lowest BCUT2D eigenvalue weighted by atomic mass is 9.96. The molecule has 0 unspecified atom stereocenters. The Labute approximate surface area is 214 Å². The highest BCUT2D eigenvalue weighted by atomic mass is 35.5. The van der Waals surface area contributed by atoms with Crippen LogP contribution in [0.1, 0.15) is 0 Å². The largest absolute Gasteiger partial charge is 0.228 e. The van der Waals surface area contributed by atoms with Crippen LogP contribution in [0.15, 0.2) is 12.3 Å². The summed E-state index contributed by atoms with van der Waals surface area (Å²) in [5, 5.41) is -0.606. The Balaban J connectivity index is 2.50. The Bertz CT molecular complexity index is 1120. The monoisotopic (exact) mass is 589 g/mol. The molecule has 3 aromatic rings. The maximum Gasteiger partial charge on any atom is 0.213 e. The predicted octanol–water partition coefficient (Wildman–Crippen LogP) is 11.1. The van der Waals surface area contributed by atoms with E-state index in [4.69, 9.17) is 116 Å². The molecule has 2 aromatic carbocycles. The SMILES string of the molecule is Fc1cc(-c2c(Cl)c(Cl)c(Cl)c(Cl)c2Cl)c(-c2c(Cl)c(Cl)c(Cl)c(Cl)c2Cl)cn1. The fraction of sp³-hybridized carbons (Fsp3) is 0. The van der Waals surface area contributed by atoms with Crippen molar-refractivity contribution in [3.05, 3.63) is 68.4 Å². The highest BCUT2D eigenvalue weighted by molar-refractivity contribution is 6.58. The van der Waals surface area contributed by atoms with Crippen molar-refractivity contribution in [2.45, 2.75) is 0 Å². The summed E-state index contributed by atoms with van der Waals surface area (Å²) in [4.78, 5) is 3.65.